The highest BCUT2D eigenvalue weighted by Gasteiger charge is 2.14. The molecule has 1 amide bonds. The molecule has 0 radical (unpaired) electrons. The van der Waals surface area contributed by atoms with Crippen LogP contribution in [0.25, 0.3) is 0 Å². The summed E-state index contributed by atoms with van der Waals surface area (Å²) in [6, 6.07) is 7.53. The lowest BCUT2D eigenvalue weighted by atomic mass is 9.93. The van der Waals surface area contributed by atoms with Gasteiger partial charge in [-0.25, -0.2) is 0 Å². The normalized spacial score (nSPS) is 15.1. The number of piperidine rings is 1. The van der Waals surface area contributed by atoms with Crippen molar-refractivity contribution >= 4 is 24.0 Å². The van der Waals surface area contributed by atoms with Gasteiger partial charge in [0.1, 0.15) is 5.75 Å². The molecule has 0 atom stereocenters. The molecule has 1 aliphatic heterocycles. The van der Waals surface area contributed by atoms with Gasteiger partial charge in [0.05, 0.1) is 6.61 Å². The summed E-state index contributed by atoms with van der Waals surface area (Å²) in [5, 5.41) is 6.29. The first-order chi connectivity index (χ1) is 9.78. The minimum absolute atomic E-state index is 0. The summed E-state index contributed by atoms with van der Waals surface area (Å²) in [6.45, 7) is 4.79. The van der Waals surface area contributed by atoms with Crippen LogP contribution < -0.4 is 15.4 Å². The molecule has 0 spiro atoms. The van der Waals surface area contributed by atoms with Crippen molar-refractivity contribution in [2.45, 2.75) is 32.6 Å². The van der Waals surface area contributed by atoms with Crippen molar-refractivity contribution in [3.05, 3.63) is 24.3 Å². The van der Waals surface area contributed by atoms with Crippen LogP contribution in [0, 0.1) is 5.92 Å². The zero-order valence-electron chi connectivity index (χ0n) is 12.6. The summed E-state index contributed by atoms with van der Waals surface area (Å²) in [6.07, 6.45) is 3.98. The number of carbonyl (C=O) groups excluding carboxylic acids is 1. The molecule has 118 valence electrons. The molecule has 4 nitrogen and oxygen atoms in total. The van der Waals surface area contributed by atoms with Gasteiger partial charge in [0.25, 0.3) is 0 Å². The van der Waals surface area contributed by atoms with Crippen LogP contribution in [0.1, 0.15) is 32.6 Å². The Labute approximate surface area is 133 Å². The number of hydrogen-bond donors (Lipinski definition) is 2. The van der Waals surface area contributed by atoms with E-state index < -0.39 is 0 Å². The smallest absolute Gasteiger partial charge is 0.224 e. The average molecular weight is 313 g/mol. The van der Waals surface area contributed by atoms with Gasteiger partial charge in [0.15, 0.2) is 0 Å². The fourth-order valence-electron chi connectivity index (χ4n) is 2.53. The second-order valence-corrected chi connectivity index (χ2v) is 5.24. The molecule has 1 aliphatic rings. The van der Waals surface area contributed by atoms with Gasteiger partial charge in [0.2, 0.25) is 5.91 Å². The molecule has 1 aromatic rings. The fourth-order valence-corrected chi connectivity index (χ4v) is 2.53. The van der Waals surface area contributed by atoms with Gasteiger partial charge in [-0.2, -0.15) is 0 Å². The third-order valence-electron chi connectivity index (χ3n) is 3.69. The topological polar surface area (TPSA) is 50.4 Å². The molecule has 2 N–H and O–H groups in total. The summed E-state index contributed by atoms with van der Waals surface area (Å²) in [5.74, 6) is 1.63. The Morgan fingerprint density at radius 2 is 1.95 bits per heavy atom. The number of ether oxygens (including phenoxy) is 1. The third kappa shape index (κ3) is 6.36. The van der Waals surface area contributed by atoms with Crippen LogP contribution in [0.3, 0.4) is 0 Å². The van der Waals surface area contributed by atoms with Crippen molar-refractivity contribution in [3.8, 4) is 5.75 Å². The van der Waals surface area contributed by atoms with Gasteiger partial charge in [-0.1, -0.05) is 0 Å². The van der Waals surface area contributed by atoms with E-state index in [1.807, 2.05) is 31.2 Å². The highest BCUT2D eigenvalue weighted by molar-refractivity contribution is 5.90. The van der Waals surface area contributed by atoms with Crippen LogP contribution in [0.15, 0.2) is 24.3 Å². The molecule has 0 aliphatic carbocycles. The monoisotopic (exact) mass is 312 g/mol. The number of hydrogen-bond acceptors (Lipinski definition) is 3. The minimum atomic E-state index is 0. The number of amides is 1. The number of carbonyl (C=O) groups is 1. The minimum Gasteiger partial charge on any atom is -0.494 e. The van der Waals surface area contributed by atoms with Crippen molar-refractivity contribution in [2.24, 2.45) is 5.92 Å². The zero-order chi connectivity index (χ0) is 14.2. The van der Waals surface area contributed by atoms with Crippen LogP contribution in [0.5, 0.6) is 5.75 Å². The molecule has 1 heterocycles. The van der Waals surface area contributed by atoms with Crippen LogP contribution in [0.4, 0.5) is 5.69 Å². The summed E-state index contributed by atoms with van der Waals surface area (Å²) < 4.78 is 5.37. The Morgan fingerprint density at radius 1 is 1.29 bits per heavy atom. The Hall–Kier alpha value is -1.26. The van der Waals surface area contributed by atoms with Crippen molar-refractivity contribution in [1.82, 2.24) is 5.32 Å². The third-order valence-corrected chi connectivity index (χ3v) is 3.69. The van der Waals surface area contributed by atoms with Crippen molar-refractivity contribution in [3.63, 3.8) is 0 Å². The lowest BCUT2D eigenvalue weighted by Gasteiger charge is -2.22. The Balaban J connectivity index is 0.00000220. The lowest BCUT2D eigenvalue weighted by molar-refractivity contribution is -0.116. The second-order valence-electron chi connectivity index (χ2n) is 5.24. The van der Waals surface area contributed by atoms with E-state index in [9.17, 15) is 4.79 Å². The predicted molar refractivity (Wildman–Crippen MR) is 88.3 cm³/mol. The first-order valence-electron chi connectivity index (χ1n) is 7.51. The molecule has 1 saturated heterocycles. The predicted octanol–water partition coefficient (Wildman–Crippen LogP) is 3.23. The SMILES string of the molecule is CCOc1ccc(NC(=O)CCC2CCNCC2)cc1.Cl. The van der Waals surface area contributed by atoms with E-state index in [4.69, 9.17) is 4.74 Å². The molecular formula is C16H25ClN2O2. The standard InChI is InChI=1S/C16H24N2O2.ClH/c1-2-20-15-6-4-14(5-7-15)18-16(19)8-3-13-9-11-17-12-10-13;/h4-7,13,17H,2-3,8-12H2,1H3,(H,18,19);1H. The Kier molecular flexibility index (Phi) is 8.16. The van der Waals surface area contributed by atoms with Gasteiger partial charge >= 0.3 is 0 Å². The summed E-state index contributed by atoms with van der Waals surface area (Å²) in [5.41, 5.74) is 0.837. The van der Waals surface area contributed by atoms with E-state index in [1.165, 1.54) is 12.8 Å². The zero-order valence-corrected chi connectivity index (χ0v) is 13.4. The molecule has 2 rings (SSSR count). The van der Waals surface area contributed by atoms with E-state index in [1.54, 1.807) is 0 Å². The molecule has 0 unspecified atom stereocenters. The first kappa shape index (κ1) is 17.8. The molecule has 1 aromatic carbocycles. The largest absolute Gasteiger partial charge is 0.494 e. The highest BCUT2D eigenvalue weighted by Crippen LogP contribution is 2.19. The van der Waals surface area contributed by atoms with Gasteiger partial charge in [-0.3, -0.25) is 4.79 Å². The quantitative estimate of drug-likeness (QED) is 0.848. The van der Waals surface area contributed by atoms with E-state index in [2.05, 4.69) is 10.6 Å². The second kappa shape index (κ2) is 9.64. The van der Waals surface area contributed by atoms with E-state index in [-0.39, 0.29) is 18.3 Å². The summed E-state index contributed by atoms with van der Waals surface area (Å²) in [7, 11) is 0. The maximum Gasteiger partial charge on any atom is 0.224 e. The molecule has 21 heavy (non-hydrogen) atoms. The van der Waals surface area contributed by atoms with Crippen LogP contribution in [-0.4, -0.2) is 25.6 Å². The summed E-state index contributed by atoms with van der Waals surface area (Å²) >= 11 is 0. The van der Waals surface area contributed by atoms with Crippen molar-refractivity contribution < 1.29 is 9.53 Å². The lowest BCUT2D eigenvalue weighted by Crippen LogP contribution is -2.28. The molecule has 0 aromatic heterocycles. The average Bonchev–Trinajstić information content (AvgIpc) is 2.49. The summed E-state index contributed by atoms with van der Waals surface area (Å²) in [4.78, 5) is 11.9. The van der Waals surface area contributed by atoms with E-state index >= 15 is 0 Å². The number of rotatable bonds is 6. The molecular weight excluding hydrogens is 288 g/mol. The van der Waals surface area contributed by atoms with Crippen LogP contribution in [-0.2, 0) is 4.79 Å². The van der Waals surface area contributed by atoms with Gasteiger partial charge in [-0.05, 0) is 69.5 Å². The number of nitrogens with one attached hydrogen (secondary N) is 2. The highest BCUT2D eigenvalue weighted by atomic mass is 35.5. The maximum atomic E-state index is 11.9. The fraction of sp³-hybridized carbons (Fsp3) is 0.562. The Bertz CT molecular complexity index is 417. The van der Waals surface area contributed by atoms with Gasteiger partial charge in [-0.15, -0.1) is 12.4 Å². The molecule has 0 bridgehead atoms. The molecule has 5 heteroatoms. The number of benzene rings is 1. The van der Waals surface area contributed by atoms with Crippen molar-refractivity contribution in [1.29, 1.82) is 0 Å². The number of anilines is 1. The van der Waals surface area contributed by atoms with Crippen LogP contribution in [0.2, 0.25) is 0 Å². The number of halogens is 1. The van der Waals surface area contributed by atoms with E-state index in [0.717, 1.165) is 30.9 Å². The van der Waals surface area contributed by atoms with Crippen LogP contribution >= 0.6 is 12.4 Å². The first-order valence-corrected chi connectivity index (χ1v) is 7.51. The van der Waals surface area contributed by atoms with Gasteiger partial charge in [0, 0.05) is 12.1 Å². The maximum absolute atomic E-state index is 11.9. The molecule has 1 fully saturated rings. The molecule has 0 saturated carbocycles. The van der Waals surface area contributed by atoms with Crippen molar-refractivity contribution in [2.75, 3.05) is 25.0 Å². The van der Waals surface area contributed by atoms with Gasteiger partial charge < -0.3 is 15.4 Å². The Morgan fingerprint density at radius 3 is 2.57 bits per heavy atom. The van der Waals surface area contributed by atoms with E-state index in [0.29, 0.717) is 18.9 Å².